The van der Waals surface area contributed by atoms with E-state index in [-0.39, 0.29) is 30.9 Å². The van der Waals surface area contributed by atoms with Crippen molar-refractivity contribution in [2.45, 2.75) is 25.3 Å². The summed E-state index contributed by atoms with van der Waals surface area (Å²) in [6.07, 6.45) is 3.64. The first kappa shape index (κ1) is 14.8. The summed E-state index contributed by atoms with van der Waals surface area (Å²) in [5.41, 5.74) is 9.65. The minimum atomic E-state index is 0. The average molecular weight is 275 g/mol. The van der Waals surface area contributed by atoms with Gasteiger partial charge in [0.25, 0.3) is 0 Å². The van der Waals surface area contributed by atoms with Gasteiger partial charge in [-0.2, -0.15) is 0 Å². The van der Waals surface area contributed by atoms with Gasteiger partial charge in [0.2, 0.25) is 0 Å². The van der Waals surface area contributed by atoms with Gasteiger partial charge in [-0.25, -0.2) is 0 Å². The molecule has 1 fully saturated rings. The van der Waals surface area contributed by atoms with Gasteiger partial charge in [0.05, 0.1) is 0 Å². The number of benzene rings is 1. The Hall–Kier alpha value is -0.280. The second kappa shape index (κ2) is 5.57. The lowest BCUT2D eigenvalue weighted by atomic mass is 9.73. The molecular weight excluding hydrogens is 255 g/mol. The summed E-state index contributed by atoms with van der Waals surface area (Å²) < 4.78 is 0. The monoisotopic (exact) mass is 274 g/mol. The van der Waals surface area contributed by atoms with Crippen molar-refractivity contribution in [1.82, 2.24) is 5.32 Å². The highest BCUT2D eigenvalue weighted by molar-refractivity contribution is 5.85. The fourth-order valence-electron chi connectivity index (χ4n) is 3.23. The summed E-state index contributed by atoms with van der Waals surface area (Å²) in [5, 5.41) is 3.43. The van der Waals surface area contributed by atoms with E-state index >= 15 is 0 Å². The second-order valence-electron chi connectivity index (χ2n) is 4.97. The van der Waals surface area contributed by atoms with E-state index in [9.17, 15) is 0 Å². The van der Waals surface area contributed by atoms with Gasteiger partial charge in [-0.1, -0.05) is 24.3 Å². The SMILES string of the molecule is Cl.Cl.NC1c2ccccc2CC12CCNCC2. The first-order valence-corrected chi connectivity index (χ1v) is 5.86. The van der Waals surface area contributed by atoms with Gasteiger partial charge >= 0.3 is 0 Å². The molecule has 0 bridgehead atoms. The Labute approximate surface area is 115 Å². The summed E-state index contributed by atoms with van der Waals surface area (Å²) in [7, 11) is 0. The number of halogens is 2. The Morgan fingerprint density at radius 1 is 1.12 bits per heavy atom. The van der Waals surface area contributed by atoms with Crippen molar-refractivity contribution in [3.8, 4) is 0 Å². The molecule has 3 N–H and O–H groups in total. The summed E-state index contributed by atoms with van der Waals surface area (Å²) in [6.45, 7) is 2.25. The molecule has 2 nitrogen and oxygen atoms in total. The van der Waals surface area contributed by atoms with Gasteiger partial charge in [-0.05, 0) is 48.9 Å². The second-order valence-corrected chi connectivity index (χ2v) is 4.97. The minimum absolute atomic E-state index is 0. The van der Waals surface area contributed by atoms with E-state index in [0.717, 1.165) is 13.1 Å². The lowest BCUT2D eigenvalue weighted by Crippen LogP contribution is -2.41. The highest BCUT2D eigenvalue weighted by Crippen LogP contribution is 2.49. The highest BCUT2D eigenvalue weighted by atomic mass is 35.5. The van der Waals surface area contributed by atoms with Crippen LogP contribution in [0.4, 0.5) is 0 Å². The smallest absolute Gasteiger partial charge is 0.0359 e. The maximum atomic E-state index is 6.43. The molecule has 0 aromatic heterocycles. The maximum Gasteiger partial charge on any atom is 0.0359 e. The third kappa shape index (κ3) is 2.32. The highest BCUT2D eigenvalue weighted by Gasteiger charge is 2.44. The number of nitrogens with two attached hydrogens (primary N) is 1. The lowest BCUT2D eigenvalue weighted by molar-refractivity contribution is 0.174. The molecule has 0 radical (unpaired) electrons. The van der Waals surface area contributed by atoms with Crippen molar-refractivity contribution in [2.75, 3.05) is 13.1 Å². The summed E-state index contributed by atoms with van der Waals surface area (Å²) in [4.78, 5) is 0. The molecule has 1 atom stereocenters. The van der Waals surface area contributed by atoms with Crippen LogP contribution in [0.5, 0.6) is 0 Å². The molecule has 96 valence electrons. The van der Waals surface area contributed by atoms with Crippen LogP contribution >= 0.6 is 24.8 Å². The first-order valence-electron chi connectivity index (χ1n) is 5.86. The summed E-state index contributed by atoms with van der Waals surface area (Å²) in [5.74, 6) is 0. The third-order valence-corrected chi connectivity index (χ3v) is 4.19. The molecule has 0 amide bonds. The maximum absolute atomic E-state index is 6.43. The van der Waals surface area contributed by atoms with Gasteiger partial charge in [0.15, 0.2) is 0 Å². The van der Waals surface area contributed by atoms with Crippen LogP contribution in [0, 0.1) is 5.41 Å². The molecule has 4 heteroatoms. The van der Waals surface area contributed by atoms with Crippen LogP contribution in [0.15, 0.2) is 24.3 Å². The van der Waals surface area contributed by atoms with Crippen LogP contribution in [-0.4, -0.2) is 13.1 Å². The van der Waals surface area contributed by atoms with Gasteiger partial charge < -0.3 is 11.1 Å². The topological polar surface area (TPSA) is 38.0 Å². The molecule has 0 saturated carbocycles. The van der Waals surface area contributed by atoms with E-state index in [2.05, 4.69) is 29.6 Å². The normalized spacial score (nSPS) is 24.6. The van der Waals surface area contributed by atoms with Crippen molar-refractivity contribution in [3.63, 3.8) is 0 Å². The van der Waals surface area contributed by atoms with Crippen LogP contribution in [0.25, 0.3) is 0 Å². The molecule has 1 aliphatic heterocycles. The number of nitrogens with one attached hydrogen (secondary N) is 1. The zero-order valence-corrected chi connectivity index (χ0v) is 11.4. The van der Waals surface area contributed by atoms with Gasteiger partial charge in [0.1, 0.15) is 0 Å². The van der Waals surface area contributed by atoms with E-state index in [1.807, 2.05) is 0 Å². The standard InChI is InChI=1S/C13H18N2.2ClH/c14-12-11-4-2-1-3-10(11)9-13(12)5-7-15-8-6-13;;/h1-4,12,15H,5-9,14H2;2*1H. The largest absolute Gasteiger partial charge is 0.323 e. The molecule has 1 aliphatic carbocycles. The van der Waals surface area contributed by atoms with Crippen LogP contribution in [-0.2, 0) is 6.42 Å². The Kier molecular flexibility index (Phi) is 4.85. The van der Waals surface area contributed by atoms with Crippen molar-refractivity contribution >= 4 is 24.8 Å². The molecule has 2 aliphatic rings. The molecular formula is C13H20Cl2N2. The average Bonchev–Trinajstić information content (AvgIpc) is 2.54. The van der Waals surface area contributed by atoms with E-state index < -0.39 is 0 Å². The number of fused-ring (bicyclic) bond motifs is 1. The van der Waals surface area contributed by atoms with E-state index in [4.69, 9.17) is 5.73 Å². The summed E-state index contributed by atoms with van der Waals surface area (Å²) in [6, 6.07) is 8.95. The first-order chi connectivity index (χ1) is 7.32. The van der Waals surface area contributed by atoms with Crippen LogP contribution in [0.3, 0.4) is 0 Å². The van der Waals surface area contributed by atoms with E-state index in [1.54, 1.807) is 0 Å². The molecule has 1 unspecified atom stereocenters. The number of hydrogen-bond donors (Lipinski definition) is 2. The molecule has 1 aromatic carbocycles. The third-order valence-electron chi connectivity index (χ3n) is 4.19. The van der Waals surface area contributed by atoms with Gasteiger partial charge in [0, 0.05) is 6.04 Å². The predicted molar refractivity (Wildman–Crippen MR) is 76.1 cm³/mol. The van der Waals surface area contributed by atoms with Gasteiger partial charge in [-0.3, -0.25) is 0 Å². The zero-order valence-electron chi connectivity index (χ0n) is 9.82. The Morgan fingerprint density at radius 2 is 1.76 bits per heavy atom. The number of hydrogen-bond acceptors (Lipinski definition) is 2. The van der Waals surface area contributed by atoms with Crippen LogP contribution in [0.2, 0.25) is 0 Å². The molecule has 17 heavy (non-hydrogen) atoms. The van der Waals surface area contributed by atoms with Crippen molar-refractivity contribution in [3.05, 3.63) is 35.4 Å². The van der Waals surface area contributed by atoms with Crippen molar-refractivity contribution in [2.24, 2.45) is 11.1 Å². The molecule has 1 saturated heterocycles. The fourth-order valence-corrected chi connectivity index (χ4v) is 3.23. The Balaban J connectivity index is 0.000000722. The Bertz CT molecular complexity index is 375. The zero-order chi connectivity index (χ0) is 10.3. The van der Waals surface area contributed by atoms with Gasteiger partial charge in [-0.15, -0.1) is 24.8 Å². The quantitative estimate of drug-likeness (QED) is 0.763. The van der Waals surface area contributed by atoms with Crippen molar-refractivity contribution in [1.29, 1.82) is 0 Å². The number of piperidine rings is 1. The Morgan fingerprint density at radius 3 is 2.41 bits per heavy atom. The summed E-state index contributed by atoms with van der Waals surface area (Å²) >= 11 is 0. The molecule has 1 heterocycles. The van der Waals surface area contributed by atoms with E-state index in [1.165, 1.54) is 30.4 Å². The van der Waals surface area contributed by atoms with Crippen LogP contribution < -0.4 is 11.1 Å². The predicted octanol–water partition coefficient (Wildman–Crippen LogP) is 2.46. The number of rotatable bonds is 0. The molecule has 1 spiro atoms. The lowest BCUT2D eigenvalue weighted by Gasteiger charge is -2.37. The minimum Gasteiger partial charge on any atom is -0.323 e. The van der Waals surface area contributed by atoms with Crippen LogP contribution in [0.1, 0.15) is 30.0 Å². The molecule has 1 aromatic rings. The van der Waals surface area contributed by atoms with Crippen molar-refractivity contribution < 1.29 is 0 Å². The van der Waals surface area contributed by atoms with E-state index in [0.29, 0.717) is 5.41 Å². The molecule has 3 rings (SSSR count). The fraction of sp³-hybridized carbons (Fsp3) is 0.538.